The Hall–Kier alpha value is -2.07. The minimum Gasteiger partial charge on any atom is -0.466 e. The summed E-state index contributed by atoms with van der Waals surface area (Å²) in [7, 11) is 1.82. The number of hydrogen-bond acceptors (Lipinski definition) is 3. The molecule has 0 saturated carbocycles. The average Bonchev–Trinajstić information content (AvgIpc) is 2.80. The van der Waals surface area contributed by atoms with E-state index in [1.165, 1.54) is 5.56 Å². The van der Waals surface area contributed by atoms with Crippen LogP contribution in [0.1, 0.15) is 40.7 Å². The minimum absolute atomic E-state index is 0.167. The maximum absolute atomic E-state index is 11.7. The molecule has 1 aromatic heterocycles. The number of furan rings is 1. The van der Waals surface area contributed by atoms with Crippen molar-refractivity contribution < 1.29 is 9.21 Å². The van der Waals surface area contributed by atoms with Crippen molar-refractivity contribution in [3.05, 3.63) is 52.5 Å². The Morgan fingerprint density at radius 3 is 2.67 bits per heavy atom. The van der Waals surface area contributed by atoms with Gasteiger partial charge < -0.3 is 15.1 Å². The average molecular weight is 284 g/mol. The van der Waals surface area contributed by atoms with E-state index < -0.39 is 0 Å². The largest absolute Gasteiger partial charge is 0.466 e. The molecule has 4 heteroatoms. The number of nitrogens with two attached hydrogens (primary N) is 1. The maximum atomic E-state index is 11.7. The molecule has 1 aromatic carbocycles. The summed E-state index contributed by atoms with van der Waals surface area (Å²) in [4.78, 5) is 13.5. The molecule has 0 aliphatic carbocycles. The monoisotopic (exact) mass is 284 g/mol. The molecule has 2 heterocycles. The number of carbonyl (C=O) groups excluding carboxylic acids is 1. The first-order valence-electron chi connectivity index (χ1n) is 7.19. The van der Waals surface area contributed by atoms with Crippen molar-refractivity contribution >= 4 is 11.6 Å². The molecule has 0 bridgehead atoms. The van der Waals surface area contributed by atoms with Crippen LogP contribution in [0, 0.1) is 13.8 Å². The molecule has 0 radical (unpaired) electrons. The smallest absolute Gasteiger partial charge is 0.227 e. The van der Waals surface area contributed by atoms with Crippen LogP contribution in [0.25, 0.3) is 0 Å². The lowest BCUT2D eigenvalue weighted by molar-refractivity contribution is -0.118. The van der Waals surface area contributed by atoms with E-state index in [-0.39, 0.29) is 11.9 Å². The normalized spacial score (nSPS) is 16.0. The number of nitrogens with zero attached hydrogens (tertiary/aromatic N) is 1. The molecule has 1 aliphatic heterocycles. The van der Waals surface area contributed by atoms with E-state index in [1.54, 1.807) is 4.90 Å². The summed E-state index contributed by atoms with van der Waals surface area (Å²) in [5.74, 6) is 1.91. The van der Waals surface area contributed by atoms with Gasteiger partial charge in [0.25, 0.3) is 0 Å². The van der Waals surface area contributed by atoms with E-state index in [4.69, 9.17) is 10.2 Å². The Bertz CT molecular complexity index is 703. The van der Waals surface area contributed by atoms with Gasteiger partial charge in [-0.2, -0.15) is 0 Å². The van der Waals surface area contributed by atoms with Crippen LogP contribution in [0.5, 0.6) is 0 Å². The summed E-state index contributed by atoms with van der Waals surface area (Å²) in [5.41, 5.74) is 10.6. The van der Waals surface area contributed by atoms with Gasteiger partial charge in [-0.05, 0) is 43.5 Å². The number of benzene rings is 1. The third-order valence-corrected chi connectivity index (χ3v) is 4.22. The van der Waals surface area contributed by atoms with E-state index in [0.717, 1.165) is 34.8 Å². The topological polar surface area (TPSA) is 59.5 Å². The lowest BCUT2D eigenvalue weighted by atomic mass is 9.94. The Labute approximate surface area is 124 Å². The predicted molar refractivity (Wildman–Crippen MR) is 82.4 cm³/mol. The summed E-state index contributed by atoms with van der Waals surface area (Å²) >= 11 is 0. The minimum atomic E-state index is -0.198. The van der Waals surface area contributed by atoms with E-state index in [1.807, 2.05) is 39.1 Å². The van der Waals surface area contributed by atoms with Gasteiger partial charge in [0.2, 0.25) is 5.91 Å². The van der Waals surface area contributed by atoms with Gasteiger partial charge in [0, 0.05) is 24.7 Å². The molecule has 1 unspecified atom stereocenters. The lowest BCUT2D eigenvalue weighted by Crippen LogP contribution is -2.31. The number of anilines is 1. The first kappa shape index (κ1) is 13.9. The molecule has 0 fully saturated rings. The standard InChI is InChI=1S/C17H20N2O2/c1-10-8-14(11(2)21-10)17(18)13-4-6-15-12(9-13)5-7-16(20)19(15)3/h4,6,8-9,17H,5,7,18H2,1-3H3. The fourth-order valence-electron chi connectivity index (χ4n) is 3.01. The summed E-state index contributed by atoms with van der Waals surface area (Å²) in [5, 5.41) is 0. The van der Waals surface area contributed by atoms with Gasteiger partial charge in [-0.25, -0.2) is 0 Å². The molecule has 1 atom stereocenters. The van der Waals surface area contributed by atoms with Crippen LogP contribution in [-0.4, -0.2) is 13.0 Å². The molecule has 21 heavy (non-hydrogen) atoms. The van der Waals surface area contributed by atoms with Crippen LogP contribution in [-0.2, 0) is 11.2 Å². The van der Waals surface area contributed by atoms with Gasteiger partial charge in [0.1, 0.15) is 11.5 Å². The van der Waals surface area contributed by atoms with Crippen LogP contribution >= 0.6 is 0 Å². The Kier molecular flexibility index (Phi) is 3.33. The van der Waals surface area contributed by atoms with Crippen LogP contribution < -0.4 is 10.6 Å². The Morgan fingerprint density at radius 1 is 1.24 bits per heavy atom. The van der Waals surface area contributed by atoms with Crippen LogP contribution in [0.3, 0.4) is 0 Å². The molecular formula is C17H20N2O2. The van der Waals surface area contributed by atoms with E-state index in [0.29, 0.717) is 6.42 Å². The van der Waals surface area contributed by atoms with Crippen molar-refractivity contribution in [1.29, 1.82) is 0 Å². The molecule has 2 aromatic rings. The zero-order valence-corrected chi connectivity index (χ0v) is 12.6. The zero-order valence-electron chi connectivity index (χ0n) is 12.6. The number of fused-ring (bicyclic) bond motifs is 1. The Balaban J connectivity index is 1.97. The summed E-state index contributed by atoms with van der Waals surface area (Å²) in [6.07, 6.45) is 1.34. The summed E-state index contributed by atoms with van der Waals surface area (Å²) in [6.45, 7) is 3.86. The van der Waals surface area contributed by atoms with Crippen molar-refractivity contribution in [2.75, 3.05) is 11.9 Å². The van der Waals surface area contributed by atoms with Crippen molar-refractivity contribution in [3.8, 4) is 0 Å². The fraction of sp³-hybridized carbons (Fsp3) is 0.353. The van der Waals surface area contributed by atoms with Crippen molar-refractivity contribution in [2.45, 2.75) is 32.7 Å². The first-order chi connectivity index (χ1) is 9.97. The lowest BCUT2D eigenvalue weighted by Gasteiger charge is -2.26. The van der Waals surface area contributed by atoms with Gasteiger partial charge in [-0.3, -0.25) is 4.79 Å². The van der Waals surface area contributed by atoms with Gasteiger partial charge in [0.15, 0.2) is 0 Å². The number of carbonyl (C=O) groups is 1. The second kappa shape index (κ2) is 5.04. The fourth-order valence-corrected chi connectivity index (χ4v) is 3.01. The second-order valence-electron chi connectivity index (χ2n) is 5.69. The van der Waals surface area contributed by atoms with E-state index in [9.17, 15) is 4.79 Å². The maximum Gasteiger partial charge on any atom is 0.227 e. The van der Waals surface area contributed by atoms with Gasteiger partial charge >= 0.3 is 0 Å². The third kappa shape index (κ3) is 2.36. The number of rotatable bonds is 2. The number of amides is 1. The second-order valence-corrected chi connectivity index (χ2v) is 5.69. The highest BCUT2D eigenvalue weighted by molar-refractivity contribution is 5.95. The third-order valence-electron chi connectivity index (χ3n) is 4.22. The molecule has 0 spiro atoms. The van der Waals surface area contributed by atoms with E-state index in [2.05, 4.69) is 6.07 Å². The van der Waals surface area contributed by atoms with Crippen molar-refractivity contribution in [2.24, 2.45) is 5.73 Å². The summed E-state index contributed by atoms with van der Waals surface area (Å²) in [6, 6.07) is 7.90. The van der Waals surface area contributed by atoms with Gasteiger partial charge in [-0.1, -0.05) is 12.1 Å². The zero-order chi connectivity index (χ0) is 15.1. The molecule has 3 rings (SSSR count). The van der Waals surface area contributed by atoms with Gasteiger partial charge in [0.05, 0.1) is 6.04 Å². The molecule has 110 valence electrons. The SMILES string of the molecule is Cc1cc(C(N)c2ccc3c(c2)CCC(=O)N3C)c(C)o1. The highest BCUT2D eigenvalue weighted by atomic mass is 16.3. The van der Waals surface area contributed by atoms with Crippen molar-refractivity contribution in [3.63, 3.8) is 0 Å². The van der Waals surface area contributed by atoms with E-state index >= 15 is 0 Å². The first-order valence-corrected chi connectivity index (χ1v) is 7.19. The Morgan fingerprint density at radius 2 is 2.00 bits per heavy atom. The summed E-state index contributed by atoms with van der Waals surface area (Å²) < 4.78 is 5.57. The highest BCUT2D eigenvalue weighted by Crippen LogP contribution is 2.32. The molecule has 0 saturated heterocycles. The number of aryl methyl sites for hydroxylation is 3. The molecule has 4 nitrogen and oxygen atoms in total. The molecule has 2 N–H and O–H groups in total. The van der Waals surface area contributed by atoms with Crippen LogP contribution in [0.4, 0.5) is 5.69 Å². The molecule has 1 aliphatic rings. The quantitative estimate of drug-likeness (QED) is 0.922. The van der Waals surface area contributed by atoms with Crippen LogP contribution in [0.15, 0.2) is 28.7 Å². The highest BCUT2D eigenvalue weighted by Gasteiger charge is 2.22. The van der Waals surface area contributed by atoms with Crippen LogP contribution in [0.2, 0.25) is 0 Å². The van der Waals surface area contributed by atoms with Gasteiger partial charge in [-0.15, -0.1) is 0 Å². The van der Waals surface area contributed by atoms with Crippen molar-refractivity contribution in [1.82, 2.24) is 0 Å². The predicted octanol–water partition coefficient (Wildman–Crippen LogP) is 2.85. The molecule has 1 amide bonds. The number of hydrogen-bond donors (Lipinski definition) is 1. The molecular weight excluding hydrogens is 264 g/mol.